The Labute approximate surface area is 152 Å². The third-order valence-electron chi connectivity index (χ3n) is 4.05. The molecule has 1 aliphatic rings. The maximum atomic E-state index is 12.4. The molecular formula is C18H20N2O5S. The summed E-state index contributed by atoms with van der Waals surface area (Å²) in [5.74, 6) is 0.734. The summed E-state index contributed by atoms with van der Waals surface area (Å²) in [7, 11) is -2.08. The molecule has 1 heterocycles. The SMILES string of the molecule is CN(c1ccccc1)S(=O)(=O)CCC(=O)NCc1ccc2c(c1)OCO2. The van der Waals surface area contributed by atoms with Crippen LogP contribution in [0.3, 0.4) is 0 Å². The molecule has 0 radical (unpaired) electrons. The largest absolute Gasteiger partial charge is 0.454 e. The second-order valence-electron chi connectivity index (χ2n) is 5.83. The average molecular weight is 376 g/mol. The molecule has 3 rings (SSSR count). The van der Waals surface area contributed by atoms with Crippen molar-refractivity contribution in [2.24, 2.45) is 0 Å². The molecule has 0 unspecified atom stereocenters. The number of fused-ring (bicyclic) bond motifs is 1. The molecule has 0 spiro atoms. The molecule has 0 bridgehead atoms. The van der Waals surface area contributed by atoms with Gasteiger partial charge in [0.25, 0.3) is 0 Å². The summed E-state index contributed by atoms with van der Waals surface area (Å²) in [6.07, 6.45) is -0.107. The van der Waals surface area contributed by atoms with Crippen LogP contribution >= 0.6 is 0 Å². The number of para-hydroxylation sites is 1. The number of hydrogen-bond donors (Lipinski definition) is 1. The summed E-state index contributed by atoms with van der Waals surface area (Å²) in [4.78, 5) is 12.0. The van der Waals surface area contributed by atoms with Crippen LogP contribution in [-0.2, 0) is 21.4 Å². The molecule has 2 aromatic rings. The zero-order chi connectivity index (χ0) is 18.6. The van der Waals surface area contributed by atoms with E-state index >= 15 is 0 Å². The summed E-state index contributed by atoms with van der Waals surface area (Å²) in [5.41, 5.74) is 1.42. The number of rotatable bonds is 7. The van der Waals surface area contributed by atoms with Crippen molar-refractivity contribution in [2.75, 3.05) is 23.9 Å². The minimum absolute atomic E-state index is 0.107. The number of carbonyl (C=O) groups is 1. The fraction of sp³-hybridized carbons (Fsp3) is 0.278. The van der Waals surface area contributed by atoms with Gasteiger partial charge in [0, 0.05) is 20.0 Å². The minimum atomic E-state index is -3.56. The molecule has 0 aromatic heterocycles. The van der Waals surface area contributed by atoms with Crippen LogP contribution in [0.25, 0.3) is 0 Å². The van der Waals surface area contributed by atoms with Gasteiger partial charge in [-0.05, 0) is 29.8 Å². The number of sulfonamides is 1. The van der Waals surface area contributed by atoms with Gasteiger partial charge in [-0.15, -0.1) is 0 Å². The van der Waals surface area contributed by atoms with Crippen molar-refractivity contribution in [3.8, 4) is 11.5 Å². The lowest BCUT2D eigenvalue weighted by Crippen LogP contribution is -2.32. The molecule has 0 atom stereocenters. The first-order valence-corrected chi connectivity index (χ1v) is 9.73. The number of benzene rings is 2. The van der Waals surface area contributed by atoms with Crippen molar-refractivity contribution in [1.29, 1.82) is 0 Å². The van der Waals surface area contributed by atoms with Crippen molar-refractivity contribution < 1.29 is 22.7 Å². The molecule has 0 fully saturated rings. The normalized spacial score (nSPS) is 12.7. The van der Waals surface area contributed by atoms with Gasteiger partial charge in [0.15, 0.2) is 11.5 Å². The molecule has 0 aliphatic carbocycles. The van der Waals surface area contributed by atoms with Crippen LogP contribution in [0.15, 0.2) is 48.5 Å². The van der Waals surface area contributed by atoms with E-state index in [4.69, 9.17) is 9.47 Å². The molecule has 1 N–H and O–H groups in total. The number of anilines is 1. The highest BCUT2D eigenvalue weighted by atomic mass is 32.2. The number of ether oxygens (including phenoxy) is 2. The van der Waals surface area contributed by atoms with Crippen LogP contribution < -0.4 is 19.1 Å². The van der Waals surface area contributed by atoms with Crippen LogP contribution in [0.1, 0.15) is 12.0 Å². The van der Waals surface area contributed by atoms with E-state index in [1.807, 2.05) is 12.1 Å². The van der Waals surface area contributed by atoms with Crippen molar-refractivity contribution in [3.05, 3.63) is 54.1 Å². The Hall–Kier alpha value is -2.74. The second-order valence-corrected chi connectivity index (χ2v) is 7.95. The van der Waals surface area contributed by atoms with Crippen LogP contribution in [0.4, 0.5) is 5.69 Å². The predicted molar refractivity (Wildman–Crippen MR) is 97.7 cm³/mol. The Morgan fingerprint density at radius 2 is 1.85 bits per heavy atom. The van der Waals surface area contributed by atoms with Crippen LogP contribution in [0, 0.1) is 0 Å². The van der Waals surface area contributed by atoms with Crippen molar-refractivity contribution in [1.82, 2.24) is 5.32 Å². The highest BCUT2D eigenvalue weighted by Crippen LogP contribution is 2.32. The lowest BCUT2D eigenvalue weighted by molar-refractivity contribution is -0.120. The van der Waals surface area contributed by atoms with Gasteiger partial charge in [-0.3, -0.25) is 9.10 Å². The van der Waals surface area contributed by atoms with Crippen LogP contribution in [-0.4, -0.2) is 33.9 Å². The van der Waals surface area contributed by atoms with Crippen molar-refractivity contribution in [2.45, 2.75) is 13.0 Å². The van der Waals surface area contributed by atoms with E-state index in [1.54, 1.807) is 36.4 Å². The minimum Gasteiger partial charge on any atom is -0.454 e. The van der Waals surface area contributed by atoms with E-state index in [9.17, 15) is 13.2 Å². The highest BCUT2D eigenvalue weighted by Gasteiger charge is 2.20. The monoisotopic (exact) mass is 376 g/mol. The fourth-order valence-electron chi connectivity index (χ4n) is 2.50. The standard InChI is InChI=1S/C18H20N2O5S/c1-20(15-5-3-2-4-6-15)26(22,23)10-9-18(21)19-12-14-7-8-16-17(11-14)25-13-24-16/h2-8,11H,9-10,12-13H2,1H3,(H,19,21). The average Bonchev–Trinajstić information content (AvgIpc) is 3.12. The molecule has 8 heteroatoms. The molecular weight excluding hydrogens is 356 g/mol. The van der Waals surface area contributed by atoms with Crippen molar-refractivity contribution in [3.63, 3.8) is 0 Å². The Bertz CT molecular complexity index is 884. The van der Waals surface area contributed by atoms with E-state index in [0.29, 0.717) is 23.7 Å². The third-order valence-corrected chi connectivity index (χ3v) is 5.82. The van der Waals surface area contributed by atoms with E-state index in [1.165, 1.54) is 11.4 Å². The Kier molecular flexibility index (Phi) is 5.32. The van der Waals surface area contributed by atoms with Crippen LogP contribution in [0.5, 0.6) is 11.5 Å². The number of hydrogen-bond acceptors (Lipinski definition) is 5. The zero-order valence-electron chi connectivity index (χ0n) is 14.3. The summed E-state index contributed by atoms with van der Waals surface area (Å²) < 4.78 is 36.4. The number of amides is 1. The molecule has 1 aliphatic heterocycles. The summed E-state index contributed by atoms with van der Waals surface area (Å²) in [6, 6.07) is 14.2. The topological polar surface area (TPSA) is 84.9 Å². The lowest BCUT2D eigenvalue weighted by atomic mass is 10.2. The van der Waals surface area contributed by atoms with Gasteiger partial charge in [-0.1, -0.05) is 24.3 Å². The maximum absolute atomic E-state index is 12.4. The smallest absolute Gasteiger partial charge is 0.235 e. The number of nitrogens with zero attached hydrogens (tertiary/aromatic N) is 1. The summed E-state index contributed by atoms with van der Waals surface area (Å²) in [6.45, 7) is 0.488. The molecule has 2 aromatic carbocycles. The molecule has 1 amide bonds. The van der Waals surface area contributed by atoms with E-state index in [0.717, 1.165) is 5.56 Å². The number of nitrogens with one attached hydrogen (secondary N) is 1. The van der Waals surface area contributed by atoms with Gasteiger partial charge < -0.3 is 14.8 Å². The predicted octanol–water partition coefficient (Wildman–Crippen LogP) is 1.89. The van der Waals surface area contributed by atoms with E-state index in [-0.39, 0.29) is 24.9 Å². The first-order chi connectivity index (χ1) is 12.5. The number of carbonyl (C=O) groups excluding carboxylic acids is 1. The van der Waals surface area contributed by atoms with Gasteiger partial charge >= 0.3 is 0 Å². The molecule has 0 saturated heterocycles. The Morgan fingerprint density at radius 3 is 2.62 bits per heavy atom. The fourth-order valence-corrected chi connectivity index (χ4v) is 3.66. The summed E-state index contributed by atoms with van der Waals surface area (Å²) >= 11 is 0. The maximum Gasteiger partial charge on any atom is 0.235 e. The highest BCUT2D eigenvalue weighted by molar-refractivity contribution is 7.92. The second kappa shape index (κ2) is 7.65. The molecule has 7 nitrogen and oxygen atoms in total. The van der Waals surface area contributed by atoms with Gasteiger partial charge in [0.05, 0.1) is 11.4 Å². The van der Waals surface area contributed by atoms with Gasteiger partial charge in [-0.25, -0.2) is 8.42 Å². The third kappa shape index (κ3) is 4.26. The van der Waals surface area contributed by atoms with Gasteiger partial charge in [0.1, 0.15) is 0 Å². The van der Waals surface area contributed by atoms with Crippen LogP contribution in [0.2, 0.25) is 0 Å². The van der Waals surface area contributed by atoms with E-state index < -0.39 is 10.0 Å². The van der Waals surface area contributed by atoms with E-state index in [2.05, 4.69) is 5.32 Å². The van der Waals surface area contributed by atoms with Crippen molar-refractivity contribution >= 4 is 21.6 Å². The lowest BCUT2D eigenvalue weighted by Gasteiger charge is -2.19. The first-order valence-electron chi connectivity index (χ1n) is 8.12. The zero-order valence-corrected chi connectivity index (χ0v) is 15.2. The molecule has 0 saturated carbocycles. The van der Waals surface area contributed by atoms with Gasteiger partial charge in [-0.2, -0.15) is 0 Å². The molecule has 138 valence electrons. The van der Waals surface area contributed by atoms with Gasteiger partial charge in [0.2, 0.25) is 22.7 Å². The Morgan fingerprint density at radius 1 is 1.12 bits per heavy atom. The molecule has 26 heavy (non-hydrogen) atoms. The first kappa shape index (κ1) is 18.1. The Balaban J connectivity index is 1.50. The summed E-state index contributed by atoms with van der Waals surface area (Å²) in [5, 5.41) is 2.72. The quantitative estimate of drug-likeness (QED) is 0.798.